The third-order valence-corrected chi connectivity index (χ3v) is 5.31. The van der Waals surface area contributed by atoms with Crippen molar-refractivity contribution in [3.63, 3.8) is 0 Å². The van der Waals surface area contributed by atoms with E-state index < -0.39 is 10.0 Å². The third kappa shape index (κ3) is 3.97. The molecule has 0 aliphatic rings. The number of aryl methyl sites for hydroxylation is 1. The average molecular weight is 332 g/mol. The van der Waals surface area contributed by atoms with Crippen LogP contribution in [0.25, 0.3) is 0 Å². The van der Waals surface area contributed by atoms with Crippen molar-refractivity contribution in [3.05, 3.63) is 59.7 Å². The van der Waals surface area contributed by atoms with Gasteiger partial charge in [0.05, 0.1) is 4.90 Å². The lowest BCUT2D eigenvalue weighted by atomic mass is 10.1. The number of hydrogen-bond donors (Lipinski definition) is 1. The fourth-order valence-corrected chi connectivity index (χ4v) is 2.98. The fourth-order valence-electron chi connectivity index (χ4n) is 2.04. The van der Waals surface area contributed by atoms with E-state index >= 15 is 0 Å². The van der Waals surface area contributed by atoms with Crippen molar-refractivity contribution >= 4 is 21.6 Å². The van der Waals surface area contributed by atoms with E-state index in [1.807, 2.05) is 24.3 Å². The molecule has 5 nitrogen and oxygen atoms in total. The van der Waals surface area contributed by atoms with E-state index in [4.69, 9.17) is 0 Å². The molecule has 0 unspecified atom stereocenters. The van der Waals surface area contributed by atoms with Crippen molar-refractivity contribution in [2.24, 2.45) is 0 Å². The van der Waals surface area contributed by atoms with E-state index in [9.17, 15) is 13.2 Å². The molecule has 2 rings (SSSR count). The lowest BCUT2D eigenvalue weighted by molar-refractivity contribution is 0.102. The van der Waals surface area contributed by atoms with Gasteiger partial charge in [0.15, 0.2) is 0 Å². The van der Waals surface area contributed by atoms with E-state index in [1.165, 1.54) is 31.8 Å². The molecule has 23 heavy (non-hydrogen) atoms. The van der Waals surface area contributed by atoms with E-state index in [2.05, 4.69) is 12.2 Å². The molecule has 6 heteroatoms. The zero-order chi connectivity index (χ0) is 17.0. The number of carbonyl (C=O) groups excluding carboxylic acids is 1. The van der Waals surface area contributed by atoms with E-state index in [-0.39, 0.29) is 10.8 Å². The monoisotopic (exact) mass is 332 g/mol. The summed E-state index contributed by atoms with van der Waals surface area (Å²) in [4.78, 5) is 12.4. The summed E-state index contributed by atoms with van der Waals surface area (Å²) in [6.45, 7) is 2.06. The first-order chi connectivity index (χ1) is 10.8. The minimum Gasteiger partial charge on any atom is -0.322 e. The largest absolute Gasteiger partial charge is 0.322 e. The first-order valence-electron chi connectivity index (χ1n) is 7.27. The Morgan fingerprint density at radius 1 is 1.09 bits per heavy atom. The number of carbonyl (C=O) groups is 1. The molecule has 0 aliphatic carbocycles. The molecule has 0 spiro atoms. The standard InChI is InChI=1S/C17H20N2O3S/c1-4-13-8-10-15(11-9-13)18-17(20)14-6-5-7-16(12-14)23(21,22)19(2)3/h5-12H,4H2,1-3H3,(H,18,20). The van der Waals surface area contributed by atoms with Gasteiger partial charge in [-0.1, -0.05) is 25.1 Å². The van der Waals surface area contributed by atoms with E-state index in [0.29, 0.717) is 11.3 Å². The maximum Gasteiger partial charge on any atom is 0.255 e. The van der Waals surface area contributed by atoms with Crippen molar-refractivity contribution < 1.29 is 13.2 Å². The number of benzene rings is 2. The molecule has 0 aromatic heterocycles. The summed E-state index contributed by atoms with van der Waals surface area (Å²) in [5.41, 5.74) is 2.16. The molecular formula is C17H20N2O3S. The van der Waals surface area contributed by atoms with Crippen LogP contribution in [0.4, 0.5) is 5.69 Å². The summed E-state index contributed by atoms with van der Waals surface area (Å²) in [6.07, 6.45) is 0.929. The number of hydrogen-bond acceptors (Lipinski definition) is 3. The highest BCUT2D eigenvalue weighted by molar-refractivity contribution is 7.89. The maximum atomic E-state index is 12.3. The van der Waals surface area contributed by atoms with Crippen LogP contribution in [-0.2, 0) is 16.4 Å². The summed E-state index contributed by atoms with van der Waals surface area (Å²) >= 11 is 0. The van der Waals surface area contributed by atoms with E-state index in [0.717, 1.165) is 10.7 Å². The topological polar surface area (TPSA) is 66.5 Å². The maximum absolute atomic E-state index is 12.3. The smallest absolute Gasteiger partial charge is 0.255 e. The zero-order valence-corrected chi connectivity index (χ0v) is 14.2. The van der Waals surface area contributed by atoms with Crippen LogP contribution in [0.15, 0.2) is 53.4 Å². The summed E-state index contributed by atoms with van der Waals surface area (Å²) in [5, 5.41) is 2.77. The number of rotatable bonds is 5. The number of nitrogens with one attached hydrogen (secondary N) is 1. The molecule has 0 atom stereocenters. The van der Waals surface area contributed by atoms with Crippen LogP contribution in [0.1, 0.15) is 22.8 Å². The summed E-state index contributed by atoms with van der Waals surface area (Å²) in [7, 11) is -0.650. The summed E-state index contributed by atoms with van der Waals surface area (Å²) < 4.78 is 25.4. The Labute approximate surface area is 137 Å². The minimum atomic E-state index is -3.56. The molecule has 0 radical (unpaired) electrons. The van der Waals surface area contributed by atoms with Crippen molar-refractivity contribution in [1.29, 1.82) is 0 Å². The molecule has 2 aromatic rings. The van der Waals surface area contributed by atoms with Gasteiger partial charge in [0.2, 0.25) is 10.0 Å². The number of amides is 1. The summed E-state index contributed by atoms with van der Waals surface area (Å²) in [6, 6.07) is 13.6. The molecular weight excluding hydrogens is 312 g/mol. The summed E-state index contributed by atoms with van der Waals surface area (Å²) in [5.74, 6) is -0.343. The van der Waals surface area contributed by atoms with Gasteiger partial charge in [0, 0.05) is 25.3 Å². The molecule has 0 saturated carbocycles. The minimum absolute atomic E-state index is 0.0940. The van der Waals surface area contributed by atoms with Gasteiger partial charge in [-0.3, -0.25) is 4.79 Å². The lowest BCUT2D eigenvalue weighted by Crippen LogP contribution is -2.22. The highest BCUT2D eigenvalue weighted by Gasteiger charge is 2.18. The quantitative estimate of drug-likeness (QED) is 0.915. The molecule has 0 fully saturated rings. The molecule has 0 bridgehead atoms. The van der Waals surface area contributed by atoms with Crippen LogP contribution in [-0.4, -0.2) is 32.7 Å². The number of nitrogens with zero attached hydrogens (tertiary/aromatic N) is 1. The van der Waals surface area contributed by atoms with Crippen LogP contribution >= 0.6 is 0 Å². The number of sulfonamides is 1. The molecule has 0 saturated heterocycles. The van der Waals surface area contributed by atoms with Crippen molar-refractivity contribution in [2.45, 2.75) is 18.2 Å². The van der Waals surface area contributed by atoms with Gasteiger partial charge in [-0.25, -0.2) is 12.7 Å². The van der Waals surface area contributed by atoms with Gasteiger partial charge in [0.25, 0.3) is 5.91 Å². The molecule has 1 N–H and O–H groups in total. The fraction of sp³-hybridized carbons (Fsp3) is 0.235. The first-order valence-corrected chi connectivity index (χ1v) is 8.71. The molecule has 122 valence electrons. The van der Waals surface area contributed by atoms with Gasteiger partial charge < -0.3 is 5.32 Å². The van der Waals surface area contributed by atoms with Gasteiger partial charge in [-0.2, -0.15) is 0 Å². The Balaban J connectivity index is 2.23. The van der Waals surface area contributed by atoms with Crippen LogP contribution in [0, 0.1) is 0 Å². The predicted octanol–water partition coefficient (Wildman–Crippen LogP) is 2.75. The molecule has 0 aliphatic heterocycles. The molecule has 1 amide bonds. The lowest BCUT2D eigenvalue weighted by Gasteiger charge is -2.12. The molecule has 0 heterocycles. The van der Waals surface area contributed by atoms with Crippen LogP contribution in [0.3, 0.4) is 0 Å². The second kappa shape index (κ2) is 6.93. The van der Waals surface area contributed by atoms with Crippen LogP contribution < -0.4 is 5.32 Å². The molecule has 2 aromatic carbocycles. The van der Waals surface area contributed by atoms with Gasteiger partial charge >= 0.3 is 0 Å². The Hall–Kier alpha value is -2.18. The average Bonchev–Trinajstić information content (AvgIpc) is 2.55. The van der Waals surface area contributed by atoms with Gasteiger partial charge in [-0.15, -0.1) is 0 Å². The third-order valence-electron chi connectivity index (χ3n) is 3.49. The second-order valence-corrected chi connectivity index (χ2v) is 7.47. The van der Waals surface area contributed by atoms with Gasteiger partial charge in [-0.05, 0) is 42.3 Å². The Morgan fingerprint density at radius 3 is 2.30 bits per heavy atom. The van der Waals surface area contributed by atoms with Crippen LogP contribution in [0.5, 0.6) is 0 Å². The zero-order valence-electron chi connectivity index (χ0n) is 13.4. The second-order valence-electron chi connectivity index (χ2n) is 5.32. The highest BCUT2D eigenvalue weighted by Crippen LogP contribution is 2.17. The van der Waals surface area contributed by atoms with Crippen molar-refractivity contribution in [2.75, 3.05) is 19.4 Å². The van der Waals surface area contributed by atoms with Crippen molar-refractivity contribution in [3.8, 4) is 0 Å². The van der Waals surface area contributed by atoms with Gasteiger partial charge in [0.1, 0.15) is 0 Å². The Morgan fingerprint density at radius 2 is 1.74 bits per heavy atom. The predicted molar refractivity (Wildman–Crippen MR) is 91.1 cm³/mol. The SMILES string of the molecule is CCc1ccc(NC(=O)c2cccc(S(=O)(=O)N(C)C)c2)cc1. The number of anilines is 1. The Kier molecular flexibility index (Phi) is 5.18. The first kappa shape index (κ1) is 17.2. The Bertz CT molecular complexity index is 797. The highest BCUT2D eigenvalue weighted by atomic mass is 32.2. The van der Waals surface area contributed by atoms with Crippen LogP contribution in [0.2, 0.25) is 0 Å². The van der Waals surface area contributed by atoms with E-state index in [1.54, 1.807) is 12.1 Å². The van der Waals surface area contributed by atoms with Crippen molar-refractivity contribution in [1.82, 2.24) is 4.31 Å². The normalized spacial score (nSPS) is 11.5.